The fourth-order valence-corrected chi connectivity index (χ4v) is 2.83. The van der Waals surface area contributed by atoms with Crippen LogP contribution in [0.5, 0.6) is 0 Å². The van der Waals surface area contributed by atoms with Gasteiger partial charge in [-0.15, -0.1) is 0 Å². The van der Waals surface area contributed by atoms with Crippen LogP contribution in [0.15, 0.2) is 18.2 Å². The first kappa shape index (κ1) is 13.4. The molecule has 1 heterocycles. The number of hydrogen-bond acceptors (Lipinski definition) is 2. The standard InChI is InChI=1S/C14H20F2N2/c1-10-5-2-3-8-18(10)13(9-17)14-11(15)6-4-7-12(14)16/h4,6-7,10,13H,2-3,5,8-9,17H2,1H3. The number of rotatable bonds is 3. The minimum absolute atomic E-state index is 0.119. The Morgan fingerprint density at radius 1 is 1.33 bits per heavy atom. The lowest BCUT2D eigenvalue weighted by molar-refractivity contribution is 0.104. The van der Waals surface area contributed by atoms with E-state index in [-0.39, 0.29) is 18.2 Å². The van der Waals surface area contributed by atoms with E-state index in [2.05, 4.69) is 11.8 Å². The zero-order valence-electron chi connectivity index (χ0n) is 10.7. The molecule has 0 bridgehead atoms. The fraction of sp³-hybridized carbons (Fsp3) is 0.571. The molecule has 0 aliphatic carbocycles. The Morgan fingerprint density at radius 2 is 2.00 bits per heavy atom. The molecule has 0 radical (unpaired) electrons. The molecule has 2 unspecified atom stereocenters. The SMILES string of the molecule is CC1CCCCN1C(CN)c1c(F)cccc1F. The van der Waals surface area contributed by atoms with E-state index >= 15 is 0 Å². The van der Waals surface area contributed by atoms with Gasteiger partial charge in [0, 0.05) is 18.2 Å². The van der Waals surface area contributed by atoms with Crippen LogP contribution >= 0.6 is 0 Å². The van der Waals surface area contributed by atoms with Crippen molar-refractivity contribution < 1.29 is 8.78 Å². The minimum atomic E-state index is -0.497. The van der Waals surface area contributed by atoms with Gasteiger partial charge < -0.3 is 5.73 Å². The Hall–Kier alpha value is -1.00. The van der Waals surface area contributed by atoms with Crippen molar-refractivity contribution >= 4 is 0 Å². The average molecular weight is 254 g/mol. The van der Waals surface area contributed by atoms with Gasteiger partial charge in [-0.3, -0.25) is 4.90 Å². The lowest BCUT2D eigenvalue weighted by Gasteiger charge is -2.39. The van der Waals surface area contributed by atoms with E-state index in [0.29, 0.717) is 6.04 Å². The predicted octanol–water partition coefficient (Wildman–Crippen LogP) is 2.84. The maximum atomic E-state index is 13.8. The smallest absolute Gasteiger partial charge is 0.130 e. The summed E-state index contributed by atoms with van der Waals surface area (Å²) in [5.74, 6) is -0.994. The Bertz CT molecular complexity index is 389. The molecule has 2 N–H and O–H groups in total. The lowest BCUT2D eigenvalue weighted by Crippen LogP contribution is -2.43. The van der Waals surface area contributed by atoms with E-state index in [9.17, 15) is 8.78 Å². The molecular weight excluding hydrogens is 234 g/mol. The van der Waals surface area contributed by atoms with Crippen molar-refractivity contribution in [2.24, 2.45) is 5.73 Å². The van der Waals surface area contributed by atoms with Crippen LogP contribution < -0.4 is 5.73 Å². The molecule has 0 amide bonds. The molecule has 18 heavy (non-hydrogen) atoms. The zero-order valence-corrected chi connectivity index (χ0v) is 10.7. The van der Waals surface area contributed by atoms with E-state index in [1.54, 1.807) is 0 Å². The van der Waals surface area contributed by atoms with Crippen LogP contribution in [-0.4, -0.2) is 24.0 Å². The van der Waals surface area contributed by atoms with Crippen molar-refractivity contribution in [2.75, 3.05) is 13.1 Å². The highest BCUT2D eigenvalue weighted by Gasteiger charge is 2.29. The minimum Gasteiger partial charge on any atom is -0.329 e. The highest BCUT2D eigenvalue weighted by Crippen LogP contribution is 2.30. The van der Waals surface area contributed by atoms with E-state index in [0.717, 1.165) is 19.4 Å². The molecule has 0 aromatic heterocycles. The van der Waals surface area contributed by atoms with E-state index < -0.39 is 11.6 Å². The Morgan fingerprint density at radius 3 is 2.56 bits per heavy atom. The summed E-state index contributed by atoms with van der Waals surface area (Å²) in [5.41, 5.74) is 5.88. The van der Waals surface area contributed by atoms with Gasteiger partial charge in [0.2, 0.25) is 0 Å². The predicted molar refractivity (Wildman–Crippen MR) is 68.2 cm³/mol. The third kappa shape index (κ3) is 2.54. The molecule has 1 aliphatic heterocycles. The summed E-state index contributed by atoms with van der Waals surface area (Å²) in [7, 11) is 0. The summed E-state index contributed by atoms with van der Waals surface area (Å²) in [6.07, 6.45) is 3.30. The Balaban J connectivity index is 2.32. The monoisotopic (exact) mass is 254 g/mol. The first-order valence-corrected chi connectivity index (χ1v) is 6.55. The first-order valence-electron chi connectivity index (χ1n) is 6.55. The van der Waals surface area contributed by atoms with Gasteiger partial charge in [0.05, 0.1) is 6.04 Å². The number of halogens is 2. The summed E-state index contributed by atoms with van der Waals surface area (Å²) < 4.78 is 27.7. The summed E-state index contributed by atoms with van der Waals surface area (Å²) in [5, 5.41) is 0. The van der Waals surface area contributed by atoms with Gasteiger partial charge in [0.1, 0.15) is 11.6 Å². The quantitative estimate of drug-likeness (QED) is 0.898. The molecule has 2 atom stereocenters. The zero-order chi connectivity index (χ0) is 13.1. The van der Waals surface area contributed by atoms with Crippen LogP contribution in [0.4, 0.5) is 8.78 Å². The number of benzene rings is 1. The molecule has 2 rings (SSSR count). The van der Waals surface area contributed by atoms with Crippen LogP contribution in [-0.2, 0) is 0 Å². The molecule has 1 aromatic carbocycles. The maximum absolute atomic E-state index is 13.8. The van der Waals surface area contributed by atoms with Gasteiger partial charge in [-0.05, 0) is 38.4 Å². The van der Waals surface area contributed by atoms with Crippen LogP contribution in [0.2, 0.25) is 0 Å². The van der Waals surface area contributed by atoms with Gasteiger partial charge in [-0.2, -0.15) is 0 Å². The Kier molecular flexibility index (Phi) is 4.30. The first-order chi connectivity index (χ1) is 8.65. The largest absolute Gasteiger partial charge is 0.329 e. The second kappa shape index (κ2) is 5.76. The number of piperidine rings is 1. The molecule has 0 saturated carbocycles. The van der Waals surface area contributed by atoms with Gasteiger partial charge in [-0.1, -0.05) is 12.5 Å². The molecule has 1 saturated heterocycles. The number of likely N-dealkylation sites (tertiary alicyclic amines) is 1. The highest BCUT2D eigenvalue weighted by atomic mass is 19.1. The van der Waals surface area contributed by atoms with E-state index in [1.165, 1.54) is 24.6 Å². The van der Waals surface area contributed by atoms with Gasteiger partial charge in [-0.25, -0.2) is 8.78 Å². The van der Waals surface area contributed by atoms with Crippen LogP contribution in [0.25, 0.3) is 0 Å². The average Bonchev–Trinajstić information content (AvgIpc) is 2.35. The maximum Gasteiger partial charge on any atom is 0.130 e. The second-order valence-electron chi connectivity index (χ2n) is 4.97. The summed E-state index contributed by atoms with van der Waals surface area (Å²) >= 11 is 0. The molecule has 1 aliphatic rings. The van der Waals surface area contributed by atoms with Crippen molar-refractivity contribution in [3.05, 3.63) is 35.4 Å². The lowest BCUT2D eigenvalue weighted by atomic mass is 9.96. The van der Waals surface area contributed by atoms with E-state index in [4.69, 9.17) is 5.73 Å². The molecule has 100 valence electrons. The van der Waals surface area contributed by atoms with Crippen LogP contribution in [0.3, 0.4) is 0 Å². The third-order valence-electron chi connectivity index (χ3n) is 3.81. The highest BCUT2D eigenvalue weighted by molar-refractivity contribution is 5.24. The van der Waals surface area contributed by atoms with Gasteiger partial charge in [0.25, 0.3) is 0 Å². The number of nitrogens with two attached hydrogens (primary N) is 1. The summed E-state index contributed by atoms with van der Waals surface area (Å²) in [4.78, 5) is 2.13. The van der Waals surface area contributed by atoms with Crippen molar-refractivity contribution in [1.82, 2.24) is 4.90 Å². The number of nitrogens with zero attached hydrogens (tertiary/aromatic N) is 1. The normalized spacial score (nSPS) is 23.0. The van der Waals surface area contributed by atoms with E-state index in [1.807, 2.05) is 0 Å². The molecule has 1 fully saturated rings. The van der Waals surface area contributed by atoms with Crippen molar-refractivity contribution in [3.8, 4) is 0 Å². The molecule has 0 spiro atoms. The van der Waals surface area contributed by atoms with Gasteiger partial charge in [0.15, 0.2) is 0 Å². The molecule has 4 heteroatoms. The summed E-state index contributed by atoms with van der Waals surface area (Å²) in [6, 6.07) is 3.96. The van der Waals surface area contributed by atoms with Crippen LogP contribution in [0, 0.1) is 11.6 Å². The second-order valence-corrected chi connectivity index (χ2v) is 4.97. The van der Waals surface area contributed by atoms with Crippen molar-refractivity contribution in [1.29, 1.82) is 0 Å². The molecule has 1 aromatic rings. The van der Waals surface area contributed by atoms with Crippen LogP contribution in [0.1, 0.15) is 37.8 Å². The topological polar surface area (TPSA) is 29.3 Å². The summed E-state index contributed by atoms with van der Waals surface area (Å²) in [6.45, 7) is 3.19. The Labute approximate surface area is 107 Å². The fourth-order valence-electron chi connectivity index (χ4n) is 2.83. The molecular formula is C14H20F2N2. The van der Waals surface area contributed by atoms with Crippen molar-refractivity contribution in [3.63, 3.8) is 0 Å². The third-order valence-corrected chi connectivity index (χ3v) is 3.81. The number of hydrogen-bond donors (Lipinski definition) is 1. The van der Waals surface area contributed by atoms with Crippen molar-refractivity contribution in [2.45, 2.75) is 38.3 Å². The molecule has 2 nitrogen and oxygen atoms in total. The van der Waals surface area contributed by atoms with Gasteiger partial charge >= 0.3 is 0 Å².